The highest BCUT2D eigenvalue weighted by atomic mass is 32.2. The summed E-state index contributed by atoms with van der Waals surface area (Å²) in [6.45, 7) is 0.234. The standard InChI is InChI=1S/C20H22N4O4S/c25-19(15-6-9-18-23-29(27,28)11-10-24(18)13-15)22-17(20(26)21-16-7-8-16)12-14-4-2-1-3-5-14/h1-6,9,13,16-17H,7-8,10-12H2,(H,21,26)(H,22,25). The van der Waals surface area contributed by atoms with Crippen LogP contribution in [0.3, 0.4) is 0 Å². The number of benzene rings is 1. The van der Waals surface area contributed by atoms with Crippen molar-refractivity contribution in [1.82, 2.24) is 15.5 Å². The lowest BCUT2D eigenvalue weighted by Gasteiger charge is -2.27. The highest BCUT2D eigenvalue weighted by Crippen LogP contribution is 2.19. The fourth-order valence-corrected chi connectivity index (χ4v) is 4.13. The molecule has 1 aromatic rings. The minimum atomic E-state index is -3.45. The van der Waals surface area contributed by atoms with E-state index < -0.39 is 16.1 Å². The van der Waals surface area contributed by atoms with Crippen molar-refractivity contribution in [2.45, 2.75) is 31.3 Å². The van der Waals surface area contributed by atoms with Crippen LogP contribution in [0.4, 0.5) is 0 Å². The number of hydrogen-bond donors (Lipinski definition) is 2. The minimum Gasteiger partial charge on any atom is -0.352 e. The van der Waals surface area contributed by atoms with E-state index in [4.69, 9.17) is 0 Å². The van der Waals surface area contributed by atoms with Crippen LogP contribution in [0.2, 0.25) is 0 Å². The number of amidine groups is 1. The van der Waals surface area contributed by atoms with Crippen molar-refractivity contribution < 1.29 is 18.0 Å². The van der Waals surface area contributed by atoms with Crippen LogP contribution < -0.4 is 10.6 Å². The molecule has 1 aliphatic carbocycles. The summed E-state index contributed by atoms with van der Waals surface area (Å²) in [4.78, 5) is 27.1. The van der Waals surface area contributed by atoms with E-state index in [2.05, 4.69) is 15.0 Å². The fraction of sp³-hybridized carbons (Fsp3) is 0.350. The van der Waals surface area contributed by atoms with Gasteiger partial charge in [0.05, 0.1) is 11.3 Å². The third-order valence-corrected chi connectivity index (χ3v) is 6.08. The second-order valence-corrected chi connectivity index (χ2v) is 9.10. The molecule has 8 nitrogen and oxygen atoms in total. The maximum absolute atomic E-state index is 12.8. The Kier molecular flexibility index (Phi) is 5.23. The molecule has 3 aliphatic rings. The Morgan fingerprint density at radius 1 is 1.17 bits per heavy atom. The zero-order valence-electron chi connectivity index (χ0n) is 15.7. The van der Waals surface area contributed by atoms with Gasteiger partial charge in [-0.25, -0.2) is 8.42 Å². The summed E-state index contributed by atoms with van der Waals surface area (Å²) in [5.41, 5.74) is 1.30. The van der Waals surface area contributed by atoms with Crippen LogP contribution in [0.5, 0.6) is 0 Å². The summed E-state index contributed by atoms with van der Waals surface area (Å²) >= 11 is 0. The van der Waals surface area contributed by atoms with Gasteiger partial charge in [0.15, 0.2) is 0 Å². The quantitative estimate of drug-likeness (QED) is 0.704. The van der Waals surface area contributed by atoms with Crippen LogP contribution >= 0.6 is 0 Å². The molecule has 2 amide bonds. The highest BCUT2D eigenvalue weighted by Gasteiger charge is 2.30. The number of fused-ring (bicyclic) bond motifs is 1. The Hall–Kier alpha value is -2.94. The highest BCUT2D eigenvalue weighted by molar-refractivity contribution is 7.90. The van der Waals surface area contributed by atoms with Gasteiger partial charge < -0.3 is 15.5 Å². The molecule has 1 fully saturated rings. The monoisotopic (exact) mass is 414 g/mol. The molecule has 4 rings (SSSR count). The van der Waals surface area contributed by atoms with Crippen LogP contribution in [0.25, 0.3) is 0 Å². The molecule has 152 valence electrons. The molecular formula is C20H22N4O4S. The predicted molar refractivity (Wildman–Crippen MR) is 108 cm³/mol. The van der Waals surface area contributed by atoms with Crippen molar-refractivity contribution in [2.75, 3.05) is 12.3 Å². The maximum Gasteiger partial charge on any atom is 0.256 e. The van der Waals surface area contributed by atoms with Crippen LogP contribution in [0, 0.1) is 0 Å². The van der Waals surface area contributed by atoms with E-state index in [1.807, 2.05) is 30.3 Å². The largest absolute Gasteiger partial charge is 0.352 e. The van der Waals surface area contributed by atoms with Crippen molar-refractivity contribution in [2.24, 2.45) is 4.40 Å². The van der Waals surface area contributed by atoms with Crippen molar-refractivity contribution in [3.05, 3.63) is 59.8 Å². The summed E-state index contributed by atoms with van der Waals surface area (Å²) in [6, 6.07) is 9.02. The van der Waals surface area contributed by atoms with E-state index in [1.54, 1.807) is 11.1 Å². The van der Waals surface area contributed by atoms with Gasteiger partial charge in [0.1, 0.15) is 11.9 Å². The van der Waals surface area contributed by atoms with Crippen LogP contribution in [-0.4, -0.2) is 55.3 Å². The Labute approximate surface area is 169 Å². The molecule has 29 heavy (non-hydrogen) atoms. The number of carbonyl (C=O) groups is 2. The molecule has 1 atom stereocenters. The summed E-state index contributed by atoms with van der Waals surface area (Å²) in [7, 11) is -3.45. The number of nitrogens with one attached hydrogen (secondary N) is 2. The average molecular weight is 414 g/mol. The van der Waals surface area contributed by atoms with Gasteiger partial charge in [-0.2, -0.15) is 0 Å². The normalized spacial score (nSPS) is 20.8. The topological polar surface area (TPSA) is 108 Å². The second kappa shape index (κ2) is 7.82. The van der Waals surface area contributed by atoms with Crippen LogP contribution in [0.15, 0.2) is 58.7 Å². The van der Waals surface area contributed by atoms with Gasteiger partial charge in [0.2, 0.25) is 5.91 Å². The van der Waals surface area contributed by atoms with E-state index in [0.717, 1.165) is 18.4 Å². The van der Waals surface area contributed by atoms with Gasteiger partial charge in [0.25, 0.3) is 15.9 Å². The Morgan fingerprint density at radius 3 is 2.66 bits per heavy atom. The van der Waals surface area contributed by atoms with Gasteiger partial charge in [-0.15, -0.1) is 4.40 Å². The molecule has 1 saturated carbocycles. The Morgan fingerprint density at radius 2 is 1.93 bits per heavy atom. The van der Waals surface area contributed by atoms with E-state index in [-0.39, 0.29) is 30.2 Å². The summed E-state index contributed by atoms with van der Waals surface area (Å²) < 4.78 is 26.9. The van der Waals surface area contributed by atoms with Gasteiger partial charge >= 0.3 is 0 Å². The fourth-order valence-electron chi connectivity index (χ4n) is 3.17. The molecule has 0 spiro atoms. The lowest BCUT2D eigenvalue weighted by molar-refractivity contribution is -0.127. The zero-order chi connectivity index (χ0) is 20.4. The molecule has 1 aromatic carbocycles. The summed E-state index contributed by atoms with van der Waals surface area (Å²) in [6.07, 6.45) is 6.90. The van der Waals surface area contributed by atoms with Gasteiger partial charge in [-0.1, -0.05) is 30.3 Å². The molecule has 2 aliphatic heterocycles. The first-order valence-electron chi connectivity index (χ1n) is 9.54. The van der Waals surface area contributed by atoms with Crippen molar-refractivity contribution in [1.29, 1.82) is 0 Å². The number of carbonyl (C=O) groups excluding carboxylic acids is 2. The number of rotatable bonds is 6. The van der Waals surface area contributed by atoms with Gasteiger partial charge in [-0.05, 0) is 30.6 Å². The first-order valence-corrected chi connectivity index (χ1v) is 11.1. The first-order chi connectivity index (χ1) is 13.9. The molecule has 2 N–H and O–H groups in total. The summed E-state index contributed by atoms with van der Waals surface area (Å²) in [5, 5.41) is 5.77. The molecule has 1 unspecified atom stereocenters. The van der Waals surface area contributed by atoms with Crippen molar-refractivity contribution >= 4 is 27.7 Å². The van der Waals surface area contributed by atoms with E-state index in [9.17, 15) is 18.0 Å². The molecule has 9 heteroatoms. The molecule has 0 aromatic heterocycles. The molecular weight excluding hydrogens is 392 g/mol. The van der Waals surface area contributed by atoms with E-state index >= 15 is 0 Å². The minimum absolute atomic E-state index is 0.101. The third kappa shape index (κ3) is 4.92. The second-order valence-electron chi connectivity index (χ2n) is 7.35. The predicted octanol–water partition coefficient (Wildman–Crippen LogP) is 0.490. The SMILES string of the molecule is O=C(NC(Cc1ccccc1)C(=O)NC1CC1)C1=CN2CCS(=O)(=O)N=C2C=C1. The van der Waals surface area contributed by atoms with Gasteiger partial charge in [-0.3, -0.25) is 9.59 Å². The van der Waals surface area contributed by atoms with E-state index in [1.165, 1.54) is 12.2 Å². The Bertz CT molecular complexity index is 1010. The van der Waals surface area contributed by atoms with E-state index in [0.29, 0.717) is 17.8 Å². The maximum atomic E-state index is 12.8. The zero-order valence-corrected chi connectivity index (χ0v) is 16.6. The number of nitrogens with zero attached hydrogens (tertiary/aromatic N) is 2. The Balaban J connectivity index is 1.48. The third-order valence-electron chi connectivity index (χ3n) is 4.91. The molecule has 0 saturated heterocycles. The average Bonchev–Trinajstić information content (AvgIpc) is 3.51. The summed E-state index contributed by atoms with van der Waals surface area (Å²) in [5.74, 6) is -0.395. The van der Waals surface area contributed by atoms with Crippen LogP contribution in [0.1, 0.15) is 18.4 Å². The number of sulfonamides is 1. The first kappa shape index (κ1) is 19.4. The lowest BCUT2D eigenvalue weighted by Crippen LogP contribution is -2.49. The molecule has 0 radical (unpaired) electrons. The molecule has 2 heterocycles. The molecule has 0 bridgehead atoms. The number of amides is 2. The lowest BCUT2D eigenvalue weighted by atomic mass is 10.0. The van der Waals surface area contributed by atoms with Crippen molar-refractivity contribution in [3.63, 3.8) is 0 Å². The van der Waals surface area contributed by atoms with Gasteiger partial charge in [0, 0.05) is 25.2 Å². The number of hydrogen-bond acceptors (Lipinski definition) is 5. The van der Waals surface area contributed by atoms with Crippen molar-refractivity contribution in [3.8, 4) is 0 Å². The van der Waals surface area contributed by atoms with Crippen LogP contribution in [-0.2, 0) is 26.0 Å². The smallest absolute Gasteiger partial charge is 0.256 e.